The van der Waals surface area contributed by atoms with Crippen molar-refractivity contribution in [3.05, 3.63) is 83.4 Å². The first-order valence-corrected chi connectivity index (χ1v) is 12.6. The molecule has 0 atom stereocenters. The zero-order valence-electron chi connectivity index (χ0n) is 19.3. The molecule has 4 rings (SSSR count). The summed E-state index contributed by atoms with van der Waals surface area (Å²) in [7, 11) is -2.10. The Hall–Kier alpha value is -3.52. The number of nitrogens with one attached hydrogen (secondary N) is 1. The van der Waals surface area contributed by atoms with Crippen molar-refractivity contribution in [2.75, 3.05) is 24.6 Å². The van der Waals surface area contributed by atoms with E-state index in [-0.39, 0.29) is 17.4 Å². The topological polar surface area (TPSA) is 84.9 Å². The van der Waals surface area contributed by atoms with Crippen molar-refractivity contribution in [1.82, 2.24) is 5.32 Å². The molecule has 0 bridgehead atoms. The van der Waals surface area contributed by atoms with Crippen LogP contribution in [0.15, 0.2) is 71.6 Å². The van der Waals surface area contributed by atoms with E-state index in [4.69, 9.17) is 9.47 Å². The summed E-state index contributed by atoms with van der Waals surface area (Å²) in [5.41, 5.74) is 3.36. The summed E-state index contributed by atoms with van der Waals surface area (Å²) in [6.07, 6.45) is 1.65. The van der Waals surface area contributed by atoms with Crippen molar-refractivity contribution in [2.24, 2.45) is 0 Å². The molecule has 0 fully saturated rings. The highest BCUT2D eigenvalue weighted by atomic mass is 32.2. The molecule has 0 unspecified atom stereocenters. The molecule has 0 saturated heterocycles. The van der Waals surface area contributed by atoms with Crippen LogP contribution in [0.1, 0.15) is 23.1 Å². The fourth-order valence-corrected chi connectivity index (χ4v) is 5.59. The van der Waals surface area contributed by atoms with E-state index < -0.39 is 10.0 Å². The molecule has 8 heteroatoms. The van der Waals surface area contributed by atoms with E-state index in [1.165, 1.54) is 10.4 Å². The van der Waals surface area contributed by atoms with Gasteiger partial charge in [0.1, 0.15) is 11.5 Å². The Morgan fingerprint density at radius 1 is 1.06 bits per heavy atom. The minimum Gasteiger partial charge on any atom is -0.497 e. The fourth-order valence-electron chi connectivity index (χ4n) is 3.96. The third-order valence-corrected chi connectivity index (χ3v) is 7.62. The number of carbonyl (C=O) groups excluding carboxylic acids is 1. The summed E-state index contributed by atoms with van der Waals surface area (Å²) >= 11 is 0. The number of hydrogen-bond donors (Lipinski definition) is 1. The van der Waals surface area contributed by atoms with Crippen molar-refractivity contribution < 1.29 is 22.7 Å². The monoisotopic (exact) mass is 480 g/mol. The maximum absolute atomic E-state index is 13.4. The number of fused-ring (bicyclic) bond motifs is 1. The Kier molecular flexibility index (Phi) is 7.07. The molecule has 1 heterocycles. The molecule has 34 heavy (non-hydrogen) atoms. The summed E-state index contributed by atoms with van der Waals surface area (Å²) in [6.45, 7) is 2.43. The molecule has 7 nitrogen and oxygen atoms in total. The SMILES string of the molecule is COc1ccc(CNC(=O)COc2ccc(S(=O)(=O)N3CCCc4ccccc43)cc2C)cc1. The second-order valence-corrected chi connectivity index (χ2v) is 10.0. The van der Waals surface area contributed by atoms with Crippen LogP contribution in [-0.4, -0.2) is 34.6 Å². The van der Waals surface area contributed by atoms with E-state index in [9.17, 15) is 13.2 Å². The van der Waals surface area contributed by atoms with Crippen LogP contribution in [0.5, 0.6) is 11.5 Å². The smallest absolute Gasteiger partial charge is 0.264 e. The minimum absolute atomic E-state index is 0.164. The maximum Gasteiger partial charge on any atom is 0.264 e. The first-order chi connectivity index (χ1) is 16.4. The molecular weight excluding hydrogens is 452 g/mol. The number of benzene rings is 3. The van der Waals surface area contributed by atoms with E-state index in [1.54, 1.807) is 26.2 Å². The van der Waals surface area contributed by atoms with Gasteiger partial charge in [-0.25, -0.2) is 8.42 Å². The number of methoxy groups -OCH3 is 1. The molecule has 0 spiro atoms. The predicted octanol–water partition coefficient (Wildman–Crippen LogP) is 3.84. The van der Waals surface area contributed by atoms with Crippen LogP contribution in [-0.2, 0) is 27.8 Å². The van der Waals surface area contributed by atoms with Gasteiger partial charge in [-0.3, -0.25) is 9.10 Å². The molecule has 0 aromatic heterocycles. The van der Waals surface area contributed by atoms with Gasteiger partial charge in [0.25, 0.3) is 15.9 Å². The summed E-state index contributed by atoms with van der Waals surface area (Å²) in [5.74, 6) is 0.957. The number of anilines is 1. The zero-order chi connectivity index (χ0) is 24.1. The largest absolute Gasteiger partial charge is 0.497 e. The molecule has 0 radical (unpaired) electrons. The Morgan fingerprint density at radius 3 is 2.56 bits per heavy atom. The summed E-state index contributed by atoms with van der Waals surface area (Å²) in [6, 6.07) is 19.8. The van der Waals surface area contributed by atoms with Crippen LogP contribution in [0.25, 0.3) is 0 Å². The lowest BCUT2D eigenvalue weighted by molar-refractivity contribution is -0.123. The van der Waals surface area contributed by atoms with Crippen molar-refractivity contribution in [3.63, 3.8) is 0 Å². The number of carbonyl (C=O) groups is 1. The lowest BCUT2D eigenvalue weighted by Crippen LogP contribution is -2.35. The molecule has 1 amide bonds. The van der Waals surface area contributed by atoms with Gasteiger partial charge in [0, 0.05) is 13.1 Å². The molecule has 1 aliphatic heterocycles. The average molecular weight is 481 g/mol. The summed E-state index contributed by atoms with van der Waals surface area (Å²) < 4.78 is 39.0. The Labute approximate surface area is 200 Å². The minimum atomic E-state index is -3.70. The van der Waals surface area contributed by atoms with Gasteiger partial charge in [-0.05, 0) is 72.9 Å². The van der Waals surface area contributed by atoms with Crippen molar-refractivity contribution in [3.8, 4) is 11.5 Å². The lowest BCUT2D eigenvalue weighted by Gasteiger charge is -2.30. The maximum atomic E-state index is 13.4. The normalized spacial score (nSPS) is 13.2. The van der Waals surface area contributed by atoms with Gasteiger partial charge in [-0.2, -0.15) is 0 Å². The molecule has 0 aliphatic carbocycles. The van der Waals surface area contributed by atoms with Crippen molar-refractivity contribution in [1.29, 1.82) is 0 Å². The number of nitrogens with zero attached hydrogens (tertiary/aromatic N) is 1. The molecule has 1 N–H and O–H groups in total. The van der Waals surface area contributed by atoms with Crippen molar-refractivity contribution in [2.45, 2.75) is 31.2 Å². The summed E-state index contributed by atoms with van der Waals surface area (Å²) in [5, 5.41) is 2.81. The van der Waals surface area contributed by atoms with Gasteiger partial charge in [-0.15, -0.1) is 0 Å². The van der Waals surface area contributed by atoms with E-state index in [0.29, 0.717) is 24.4 Å². The van der Waals surface area contributed by atoms with Crippen LogP contribution < -0.4 is 19.1 Å². The Bertz CT molecular complexity index is 1270. The van der Waals surface area contributed by atoms with Gasteiger partial charge in [0.05, 0.1) is 17.7 Å². The number of amides is 1. The predicted molar refractivity (Wildman–Crippen MR) is 131 cm³/mol. The number of ether oxygens (including phenoxy) is 2. The highest BCUT2D eigenvalue weighted by molar-refractivity contribution is 7.92. The number of rotatable bonds is 8. The summed E-state index contributed by atoms with van der Waals surface area (Å²) in [4.78, 5) is 12.4. The molecular formula is C26H28N2O5S. The van der Waals surface area contributed by atoms with Gasteiger partial charge in [0.2, 0.25) is 0 Å². The third kappa shape index (κ3) is 5.17. The van der Waals surface area contributed by atoms with Crippen LogP contribution in [0.4, 0.5) is 5.69 Å². The van der Waals surface area contributed by atoms with Gasteiger partial charge in [0.15, 0.2) is 6.61 Å². The van der Waals surface area contributed by atoms with E-state index in [2.05, 4.69) is 5.32 Å². The average Bonchev–Trinajstić information content (AvgIpc) is 2.86. The Balaban J connectivity index is 1.39. The molecule has 3 aromatic rings. The van der Waals surface area contributed by atoms with Crippen LogP contribution in [0.3, 0.4) is 0 Å². The molecule has 1 aliphatic rings. The number of aryl methyl sites for hydroxylation is 2. The van der Waals surface area contributed by atoms with Crippen LogP contribution >= 0.6 is 0 Å². The van der Waals surface area contributed by atoms with Crippen LogP contribution in [0.2, 0.25) is 0 Å². The van der Waals surface area contributed by atoms with Gasteiger partial charge in [-0.1, -0.05) is 30.3 Å². The van der Waals surface area contributed by atoms with E-state index in [0.717, 1.165) is 35.4 Å². The number of hydrogen-bond acceptors (Lipinski definition) is 5. The fraction of sp³-hybridized carbons (Fsp3) is 0.269. The van der Waals surface area contributed by atoms with E-state index in [1.807, 2.05) is 48.5 Å². The number of para-hydroxylation sites is 1. The molecule has 3 aromatic carbocycles. The zero-order valence-corrected chi connectivity index (χ0v) is 20.1. The van der Waals surface area contributed by atoms with E-state index >= 15 is 0 Å². The Morgan fingerprint density at radius 2 is 1.82 bits per heavy atom. The second kappa shape index (κ2) is 10.2. The lowest BCUT2D eigenvalue weighted by atomic mass is 10.0. The highest BCUT2D eigenvalue weighted by Crippen LogP contribution is 2.33. The molecule has 0 saturated carbocycles. The highest BCUT2D eigenvalue weighted by Gasteiger charge is 2.29. The quantitative estimate of drug-likeness (QED) is 0.530. The first-order valence-electron chi connectivity index (χ1n) is 11.1. The number of sulfonamides is 1. The van der Waals surface area contributed by atoms with Gasteiger partial charge >= 0.3 is 0 Å². The van der Waals surface area contributed by atoms with Crippen LogP contribution in [0, 0.1) is 6.92 Å². The second-order valence-electron chi connectivity index (χ2n) is 8.15. The first kappa shape index (κ1) is 23.6. The third-order valence-electron chi connectivity index (χ3n) is 5.81. The standard InChI is InChI=1S/C26H28N2O5S/c1-19-16-23(34(30,31)28-15-5-7-21-6-3-4-8-24(21)28)13-14-25(19)33-18-26(29)27-17-20-9-11-22(32-2)12-10-20/h3-4,6,8-14,16H,5,7,15,17-18H2,1-2H3,(H,27,29). The van der Waals surface area contributed by atoms with Crippen molar-refractivity contribution >= 4 is 21.6 Å². The van der Waals surface area contributed by atoms with Gasteiger partial charge < -0.3 is 14.8 Å². The molecule has 178 valence electrons.